The number of ketones is 1. The minimum Gasteiger partial charge on any atom is -0.378 e. The van der Waals surface area contributed by atoms with Crippen molar-refractivity contribution in [2.24, 2.45) is 18.9 Å². The van der Waals surface area contributed by atoms with E-state index in [1.165, 1.54) is 0 Å². The lowest BCUT2D eigenvalue weighted by Crippen LogP contribution is -2.36. The average molecular weight is 470 g/mol. The smallest absolute Gasteiger partial charge is 0.176 e. The van der Waals surface area contributed by atoms with Crippen LogP contribution in [0.5, 0.6) is 0 Å². The number of carbonyl (C=O) groups is 1. The normalized spacial score (nSPS) is 23.9. The second-order valence-corrected chi connectivity index (χ2v) is 9.55. The number of allylic oxidation sites excluding steroid dienone is 2. The number of fused-ring (bicyclic) bond motifs is 3. The molecule has 6 rings (SSSR count). The van der Waals surface area contributed by atoms with Crippen molar-refractivity contribution < 1.29 is 9.53 Å². The summed E-state index contributed by atoms with van der Waals surface area (Å²) in [7, 11) is 1.90. The van der Waals surface area contributed by atoms with Gasteiger partial charge in [-0.15, -0.1) is 0 Å². The third kappa shape index (κ3) is 3.56. The molecule has 3 aromatic heterocycles. The molecule has 4 heterocycles. The summed E-state index contributed by atoms with van der Waals surface area (Å²) in [6.45, 7) is 4.95. The van der Waals surface area contributed by atoms with Crippen molar-refractivity contribution in [1.82, 2.24) is 24.3 Å². The van der Waals surface area contributed by atoms with Crippen LogP contribution < -0.4 is 4.90 Å². The van der Waals surface area contributed by atoms with E-state index in [9.17, 15) is 10.1 Å². The molecular formula is C26H27N7O2. The molecule has 3 aromatic rings. The fourth-order valence-corrected chi connectivity index (χ4v) is 5.74. The Morgan fingerprint density at radius 2 is 2.09 bits per heavy atom. The summed E-state index contributed by atoms with van der Waals surface area (Å²) in [5.41, 5.74) is 4.25. The second-order valence-electron chi connectivity index (χ2n) is 9.55. The van der Waals surface area contributed by atoms with Gasteiger partial charge >= 0.3 is 0 Å². The van der Waals surface area contributed by atoms with Gasteiger partial charge in [-0.05, 0) is 30.9 Å². The number of nitriles is 1. The Kier molecular flexibility index (Phi) is 5.26. The van der Waals surface area contributed by atoms with Crippen LogP contribution in [0, 0.1) is 23.2 Å². The number of Topliss-reactive ketones (excluding diaryl/α,β-unsaturated/α-hetero) is 1. The molecule has 35 heavy (non-hydrogen) atoms. The van der Waals surface area contributed by atoms with Crippen molar-refractivity contribution in [3.05, 3.63) is 53.8 Å². The zero-order valence-electron chi connectivity index (χ0n) is 19.9. The summed E-state index contributed by atoms with van der Waals surface area (Å²) in [6.07, 6.45) is 9.21. The largest absolute Gasteiger partial charge is 0.378 e. The van der Waals surface area contributed by atoms with Crippen LogP contribution in [-0.4, -0.2) is 56.4 Å². The molecule has 0 radical (unpaired) electrons. The van der Waals surface area contributed by atoms with Gasteiger partial charge in [0.1, 0.15) is 17.7 Å². The lowest BCUT2D eigenvalue weighted by Gasteiger charge is -2.36. The van der Waals surface area contributed by atoms with E-state index in [4.69, 9.17) is 9.72 Å². The third-order valence-corrected chi connectivity index (χ3v) is 7.57. The number of rotatable bonds is 3. The van der Waals surface area contributed by atoms with E-state index >= 15 is 0 Å². The fourth-order valence-electron chi connectivity index (χ4n) is 5.74. The van der Waals surface area contributed by atoms with E-state index in [1.807, 2.05) is 44.7 Å². The number of ether oxygens (including phenoxy) is 1. The molecule has 178 valence electrons. The molecule has 1 saturated heterocycles. The molecule has 0 N–H and O–H groups in total. The SMILES string of the molecule is CC1C(=O)C(C#N)=CC2c3nc(-c4ccnc(N5CCOCC5)c4)n(-c4cnn(C)c4)c3CCC12. The lowest BCUT2D eigenvalue weighted by atomic mass is 9.67. The Bertz CT molecular complexity index is 1370. The van der Waals surface area contributed by atoms with Crippen molar-refractivity contribution in [2.45, 2.75) is 25.7 Å². The Labute approximate surface area is 203 Å². The monoisotopic (exact) mass is 469 g/mol. The number of morpholine rings is 1. The van der Waals surface area contributed by atoms with E-state index < -0.39 is 0 Å². The molecule has 3 unspecified atom stereocenters. The molecule has 9 nitrogen and oxygen atoms in total. The molecule has 1 fully saturated rings. The Morgan fingerprint density at radius 3 is 2.83 bits per heavy atom. The summed E-state index contributed by atoms with van der Waals surface area (Å²) >= 11 is 0. The van der Waals surface area contributed by atoms with Crippen molar-refractivity contribution in [3.63, 3.8) is 0 Å². The number of hydrogen-bond donors (Lipinski definition) is 0. The average Bonchev–Trinajstić information content (AvgIpc) is 3.50. The molecule has 1 aliphatic heterocycles. The number of anilines is 1. The van der Waals surface area contributed by atoms with Gasteiger partial charge in [-0.1, -0.05) is 13.0 Å². The van der Waals surface area contributed by atoms with Crippen LogP contribution in [-0.2, 0) is 23.0 Å². The summed E-state index contributed by atoms with van der Waals surface area (Å²) in [5.74, 6) is 1.60. The molecule has 3 atom stereocenters. The Balaban J connectivity index is 1.52. The van der Waals surface area contributed by atoms with Gasteiger partial charge in [-0.2, -0.15) is 10.4 Å². The van der Waals surface area contributed by atoms with Crippen molar-refractivity contribution in [2.75, 3.05) is 31.2 Å². The number of imidazole rings is 1. The van der Waals surface area contributed by atoms with Gasteiger partial charge in [0.2, 0.25) is 0 Å². The van der Waals surface area contributed by atoms with Crippen molar-refractivity contribution in [1.29, 1.82) is 5.26 Å². The van der Waals surface area contributed by atoms with Crippen molar-refractivity contribution in [3.8, 4) is 23.1 Å². The summed E-state index contributed by atoms with van der Waals surface area (Å²) < 4.78 is 9.49. The first-order chi connectivity index (χ1) is 17.0. The maximum Gasteiger partial charge on any atom is 0.176 e. The molecule has 0 amide bonds. The van der Waals surface area contributed by atoms with Crippen molar-refractivity contribution >= 4 is 11.6 Å². The molecule has 3 aliphatic rings. The van der Waals surface area contributed by atoms with E-state index in [-0.39, 0.29) is 29.1 Å². The minimum absolute atomic E-state index is 0.0478. The number of hydrogen-bond acceptors (Lipinski definition) is 7. The first kappa shape index (κ1) is 21.7. The van der Waals surface area contributed by atoms with Crippen LogP contribution in [0.2, 0.25) is 0 Å². The molecule has 2 aliphatic carbocycles. The maximum absolute atomic E-state index is 12.7. The number of aromatic nitrogens is 5. The van der Waals surface area contributed by atoms with Gasteiger partial charge in [-0.3, -0.25) is 14.0 Å². The zero-order chi connectivity index (χ0) is 24.1. The minimum atomic E-state index is -0.186. The third-order valence-electron chi connectivity index (χ3n) is 7.57. The summed E-state index contributed by atoms with van der Waals surface area (Å²) in [5, 5.41) is 14.0. The highest BCUT2D eigenvalue weighted by atomic mass is 16.5. The van der Waals surface area contributed by atoms with E-state index in [1.54, 1.807) is 4.68 Å². The number of aryl methyl sites for hydroxylation is 1. The topological polar surface area (TPSA) is 102 Å². The highest BCUT2D eigenvalue weighted by Gasteiger charge is 2.43. The first-order valence-electron chi connectivity index (χ1n) is 12.1. The molecule has 0 spiro atoms. The second kappa shape index (κ2) is 8.47. The number of pyridine rings is 1. The van der Waals surface area contributed by atoms with Crippen LogP contribution in [0.15, 0.2) is 42.4 Å². The standard InChI is InChI=1S/C26H27N7O2/c1-16-20-3-4-22-24(21(20)11-18(13-27)25(16)34)30-26(33(22)19-14-29-31(2)15-19)17-5-6-28-23(12-17)32-7-9-35-10-8-32/h5-6,11-12,14-16,20-21H,3-4,7-10H2,1-2H3. The van der Waals surface area contributed by atoms with Gasteiger partial charge < -0.3 is 9.64 Å². The fraction of sp³-hybridized carbons (Fsp3) is 0.423. The van der Waals surface area contributed by atoms with E-state index in [2.05, 4.69) is 31.7 Å². The quantitative estimate of drug-likeness (QED) is 0.581. The summed E-state index contributed by atoms with van der Waals surface area (Å²) in [6, 6.07) is 6.20. The van der Waals surface area contributed by atoms with Gasteiger partial charge in [0, 0.05) is 55.6 Å². The van der Waals surface area contributed by atoms with Crippen LogP contribution in [0.1, 0.15) is 30.7 Å². The van der Waals surface area contributed by atoms with Crippen LogP contribution in [0.3, 0.4) is 0 Å². The predicted molar refractivity (Wildman–Crippen MR) is 129 cm³/mol. The molecule has 0 bridgehead atoms. The van der Waals surface area contributed by atoms with Gasteiger partial charge in [0.25, 0.3) is 0 Å². The molecule has 0 saturated carbocycles. The van der Waals surface area contributed by atoms with Crippen LogP contribution >= 0.6 is 0 Å². The van der Waals surface area contributed by atoms with Crippen LogP contribution in [0.4, 0.5) is 5.82 Å². The first-order valence-corrected chi connectivity index (χ1v) is 12.1. The van der Waals surface area contributed by atoms with Gasteiger partial charge in [-0.25, -0.2) is 9.97 Å². The lowest BCUT2D eigenvalue weighted by molar-refractivity contribution is -0.120. The number of carbonyl (C=O) groups excluding carboxylic acids is 1. The van der Waals surface area contributed by atoms with Gasteiger partial charge in [0.05, 0.1) is 36.4 Å². The predicted octanol–water partition coefficient (Wildman–Crippen LogP) is 2.82. The number of nitrogens with zero attached hydrogens (tertiary/aromatic N) is 7. The zero-order valence-corrected chi connectivity index (χ0v) is 19.9. The molecule has 9 heteroatoms. The molecule has 0 aromatic carbocycles. The van der Waals surface area contributed by atoms with Gasteiger partial charge in [0.15, 0.2) is 5.78 Å². The van der Waals surface area contributed by atoms with Crippen LogP contribution in [0.25, 0.3) is 17.1 Å². The van der Waals surface area contributed by atoms with E-state index in [0.29, 0.717) is 13.2 Å². The Hall–Kier alpha value is -3.77. The maximum atomic E-state index is 12.7. The highest BCUT2D eigenvalue weighted by molar-refractivity contribution is 6.01. The van der Waals surface area contributed by atoms with E-state index in [0.717, 1.165) is 60.2 Å². The summed E-state index contributed by atoms with van der Waals surface area (Å²) in [4.78, 5) is 24.7. The molecular weight excluding hydrogens is 442 g/mol. The highest BCUT2D eigenvalue weighted by Crippen LogP contribution is 2.46. The Morgan fingerprint density at radius 1 is 1.26 bits per heavy atom.